The summed E-state index contributed by atoms with van der Waals surface area (Å²) in [6.45, 7) is 3.27. The minimum absolute atomic E-state index is 0.741. The Balaban J connectivity index is 2.15. The number of ether oxygens (including phenoxy) is 1. The Hall–Kier alpha value is -0.980. The molecule has 1 heteroatoms. The van der Waals surface area contributed by atoms with Gasteiger partial charge in [0.25, 0.3) is 0 Å². The van der Waals surface area contributed by atoms with E-state index in [-0.39, 0.29) is 0 Å². The molecule has 0 bridgehead atoms. The maximum Gasteiger partial charge on any atom is 0.122 e. The average molecular weight is 202 g/mol. The molecule has 0 amide bonds. The van der Waals surface area contributed by atoms with Gasteiger partial charge >= 0.3 is 0 Å². The summed E-state index contributed by atoms with van der Waals surface area (Å²) in [5, 5.41) is 0. The molecule has 0 saturated carbocycles. The second kappa shape index (κ2) is 3.55. The van der Waals surface area contributed by atoms with E-state index in [1.165, 1.54) is 37.7 Å². The largest absolute Gasteiger partial charge is 0.493 e. The van der Waals surface area contributed by atoms with Crippen molar-refractivity contribution in [3.05, 3.63) is 28.8 Å². The van der Waals surface area contributed by atoms with E-state index in [4.69, 9.17) is 4.74 Å². The number of aryl methyl sites for hydroxylation is 1. The van der Waals surface area contributed by atoms with Gasteiger partial charge < -0.3 is 4.74 Å². The van der Waals surface area contributed by atoms with Crippen LogP contribution in [0.5, 0.6) is 5.75 Å². The highest BCUT2D eigenvalue weighted by molar-refractivity contribution is 5.48. The lowest BCUT2D eigenvalue weighted by Gasteiger charge is -2.29. The number of hydrogen-bond donors (Lipinski definition) is 0. The van der Waals surface area contributed by atoms with E-state index in [1.54, 1.807) is 11.1 Å². The molecule has 1 heterocycles. The van der Waals surface area contributed by atoms with Crippen molar-refractivity contribution < 1.29 is 4.74 Å². The summed E-state index contributed by atoms with van der Waals surface area (Å²) in [4.78, 5) is 0. The van der Waals surface area contributed by atoms with E-state index in [9.17, 15) is 0 Å². The lowest BCUT2D eigenvalue weighted by molar-refractivity contribution is 0.286. The molecule has 1 nitrogen and oxygen atoms in total. The fourth-order valence-electron chi connectivity index (χ4n) is 3.09. The molecule has 1 aliphatic heterocycles. The molecular weight excluding hydrogens is 184 g/mol. The maximum atomic E-state index is 5.74. The predicted molar refractivity (Wildman–Crippen MR) is 61.6 cm³/mol. The van der Waals surface area contributed by atoms with Crippen molar-refractivity contribution in [2.24, 2.45) is 0 Å². The van der Waals surface area contributed by atoms with Gasteiger partial charge in [0, 0.05) is 0 Å². The predicted octanol–water partition coefficient (Wildman–Crippen LogP) is 3.45. The number of fused-ring (bicyclic) bond motifs is 3. The molecule has 15 heavy (non-hydrogen) atoms. The fraction of sp³-hybridized carbons (Fsp3) is 0.571. The Morgan fingerprint density at radius 2 is 2.13 bits per heavy atom. The van der Waals surface area contributed by atoms with Gasteiger partial charge in [-0.3, -0.25) is 0 Å². The van der Waals surface area contributed by atoms with Crippen molar-refractivity contribution in [3.8, 4) is 5.75 Å². The molecule has 0 fully saturated rings. The molecule has 3 rings (SSSR count). The van der Waals surface area contributed by atoms with Crippen LogP contribution < -0.4 is 4.74 Å². The smallest absolute Gasteiger partial charge is 0.122 e. The van der Waals surface area contributed by atoms with E-state index < -0.39 is 0 Å². The van der Waals surface area contributed by atoms with Gasteiger partial charge in [0.2, 0.25) is 0 Å². The van der Waals surface area contributed by atoms with E-state index in [0.29, 0.717) is 0 Å². The lowest BCUT2D eigenvalue weighted by Crippen LogP contribution is -2.16. The van der Waals surface area contributed by atoms with Crippen LogP contribution in [0.2, 0.25) is 0 Å². The van der Waals surface area contributed by atoms with Crippen LogP contribution >= 0.6 is 0 Å². The molecule has 2 aliphatic rings. The topological polar surface area (TPSA) is 9.23 Å². The number of rotatable bonds is 0. The fourth-order valence-corrected chi connectivity index (χ4v) is 3.09. The molecule has 1 unspecified atom stereocenters. The Labute approximate surface area is 91.5 Å². The van der Waals surface area contributed by atoms with Crippen LogP contribution in [0.1, 0.15) is 48.8 Å². The third kappa shape index (κ3) is 1.45. The van der Waals surface area contributed by atoms with Crippen molar-refractivity contribution >= 4 is 0 Å². The molecule has 0 spiro atoms. The Kier molecular flexibility index (Phi) is 2.19. The quantitative estimate of drug-likeness (QED) is 0.626. The van der Waals surface area contributed by atoms with Crippen molar-refractivity contribution in [3.63, 3.8) is 0 Å². The van der Waals surface area contributed by atoms with Crippen LogP contribution in [-0.2, 0) is 12.8 Å². The summed E-state index contributed by atoms with van der Waals surface area (Å²) in [6, 6.07) is 4.47. The van der Waals surface area contributed by atoms with Gasteiger partial charge in [-0.15, -0.1) is 0 Å². The highest BCUT2D eigenvalue weighted by Gasteiger charge is 2.23. The summed E-state index contributed by atoms with van der Waals surface area (Å²) in [7, 11) is 0. The average Bonchev–Trinajstić information content (AvgIpc) is 2.29. The molecule has 0 aromatic heterocycles. The van der Waals surface area contributed by atoms with E-state index in [1.807, 2.05) is 0 Å². The van der Waals surface area contributed by atoms with Crippen LogP contribution in [0.25, 0.3) is 0 Å². The van der Waals surface area contributed by atoms with Crippen LogP contribution in [-0.4, -0.2) is 6.61 Å². The van der Waals surface area contributed by atoms with Crippen molar-refractivity contribution in [2.45, 2.75) is 44.9 Å². The Bertz CT molecular complexity index is 381. The third-order valence-electron chi connectivity index (χ3n) is 3.81. The van der Waals surface area contributed by atoms with Gasteiger partial charge in [0.1, 0.15) is 5.75 Å². The van der Waals surface area contributed by atoms with Gasteiger partial charge in [-0.05, 0) is 60.8 Å². The van der Waals surface area contributed by atoms with Crippen molar-refractivity contribution in [1.82, 2.24) is 0 Å². The van der Waals surface area contributed by atoms with Gasteiger partial charge in [-0.25, -0.2) is 0 Å². The molecule has 0 N–H and O–H groups in total. The minimum Gasteiger partial charge on any atom is -0.493 e. The second-order valence-corrected chi connectivity index (χ2v) is 4.86. The highest BCUT2D eigenvalue weighted by atomic mass is 16.5. The molecule has 1 atom stereocenters. The maximum absolute atomic E-state index is 5.74. The zero-order valence-electron chi connectivity index (χ0n) is 9.38. The number of benzene rings is 1. The van der Waals surface area contributed by atoms with Gasteiger partial charge in [-0.1, -0.05) is 13.0 Å². The summed E-state index contributed by atoms with van der Waals surface area (Å²) >= 11 is 0. The van der Waals surface area contributed by atoms with E-state index in [0.717, 1.165) is 18.3 Å². The molecule has 80 valence electrons. The molecule has 0 radical (unpaired) electrons. The first kappa shape index (κ1) is 9.26. The summed E-state index contributed by atoms with van der Waals surface area (Å²) < 4.78 is 5.74. The van der Waals surface area contributed by atoms with Crippen LogP contribution in [0, 0.1) is 0 Å². The normalized spacial score (nSPS) is 23.9. The standard InChI is InChI=1S/C14H18O/c1-10-4-2-5-11-7-8-13-12(14(10)11)6-3-9-15-13/h7-8,10H,2-6,9H2,1H3. The first-order valence-electron chi connectivity index (χ1n) is 6.13. The Morgan fingerprint density at radius 1 is 1.20 bits per heavy atom. The lowest BCUT2D eigenvalue weighted by atomic mass is 9.79. The molecule has 0 saturated heterocycles. The molecule has 1 aromatic rings. The minimum atomic E-state index is 0.741. The summed E-state index contributed by atoms with van der Waals surface area (Å²) in [5.41, 5.74) is 4.72. The molecule has 1 aromatic carbocycles. The summed E-state index contributed by atoms with van der Waals surface area (Å²) in [6.07, 6.45) is 6.39. The van der Waals surface area contributed by atoms with Crippen LogP contribution in [0.3, 0.4) is 0 Å². The summed E-state index contributed by atoms with van der Waals surface area (Å²) in [5.74, 6) is 1.90. The van der Waals surface area contributed by atoms with E-state index >= 15 is 0 Å². The number of hydrogen-bond acceptors (Lipinski definition) is 1. The van der Waals surface area contributed by atoms with Crippen molar-refractivity contribution in [2.75, 3.05) is 6.61 Å². The molecule has 1 aliphatic carbocycles. The zero-order chi connectivity index (χ0) is 10.3. The van der Waals surface area contributed by atoms with E-state index in [2.05, 4.69) is 19.1 Å². The third-order valence-corrected chi connectivity index (χ3v) is 3.81. The monoisotopic (exact) mass is 202 g/mol. The first-order chi connectivity index (χ1) is 7.36. The zero-order valence-corrected chi connectivity index (χ0v) is 9.38. The van der Waals surface area contributed by atoms with Gasteiger partial charge in [0.05, 0.1) is 6.61 Å². The second-order valence-electron chi connectivity index (χ2n) is 4.86. The molecular formula is C14H18O. The van der Waals surface area contributed by atoms with Crippen LogP contribution in [0.4, 0.5) is 0 Å². The SMILES string of the molecule is CC1CCCc2ccc3c(c21)CCCO3. The Morgan fingerprint density at radius 3 is 3.07 bits per heavy atom. The van der Waals surface area contributed by atoms with Gasteiger partial charge in [0.15, 0.2) is 0 Å². The van der Waals surface area contributed by atoms with Crippen LogP contribution in [0.15, 0.2) is 12.1 Å². The van der Waals surface area contributed by atoms with Crippen molar-refractivity contribution in [1.29, 1.82) is 0 Å². The highest BCUT2D eigenvalue weighted by Crippen LogP contribution is 2.39. The van der Waals surface area contributed by atoms with Gasteiger partial charge in [-0.2, -0.15) is 0 Å². The first-order valence-corrected chi connectivity index (χ1v) is 6.13.